The molecular weight excluding hydrogens is 328 g/mol. The number of piperidine rings is 1. The van der Waals surface area contributed by atoms with Crippen molar-refractivity contribution in [3.63, 3.8) is 0 Å². The first-order valence-corrected chi connectivity index (χ1v) is 8.99. The summed E-state index contributed by atoms with van der Waals surface area (Å²) in [6, 6.07) is 10.6. The van der Waals surface area contributed by atoms with Crippen LogP contribution in [-0.4, -0.2) is 29.1 Å². The summed E-state index contributed by atoms with van der Waals surface area (Å²) >= 11 is 7.90. The van der Waals surface area contributed by atoms with E-state index in [1.807, 2.05) is 18.2 Å². The molecule has 3 aromatic rings. The van der Waals surface area contributed by atoms with Crippen LogP contribution in [0, 0.1) is 0 Å². The first kappa shape index (κ1) is 14.9. The number of nitrogens with zero attached hydrogens (tertiary/aromatic N) is 3. The molecule has 1 aliphatic rings. The van der Waals surface area contributed by atoms with Crippen LogP contribution in [0.2, 0.25) is 5.28 Å². The van der Waals surface area contributed by atoms with Crippen LogP contribution in [0.15, 0.2) is 35.7 Å². The topological polar surface area (TPSA) is 55.0 Å². The average molecular weight is 345 g/mol. The standard InChI is InChI=1S/C17H17ClN4S/c18-17-20-14-13(11-4-2-1-3-5-11)10-23-15(14)16(21-17)22-8-6-12(19)7-9-22/h1-5,10,12H,6-9,19H2. The number of anilines is 1. The Morgan fingerprint density at radius 3 is 2.61 bits per heavy atom. The summed E-state index contributed by atoms with van der Waals surface area (Å²) in [5.74, 6) is 0.944. The van der Waals surface area contributed by atoms with Gasteiger partial charge in [-0.1, -0.05) is 30.3 Å². The largest absolute Gasteiger partial charge is 0.355 e. The van der Waals surface area contributed by atoms with Crippen LogP contribution in [0.25, 0.3) is 21.3 Å². The summed E-state index contributed by atoms with van der Waals surface area (Å²) in [5.41, 5.74) is 9.22. The van der Waals surface area contributed by atoms with E-state index in [0.29, 0.717) is 11.3 Å². The maximum absolute atomic E-state index is 6.22. The van der Waals surface area contributed by atoms with E-state index in [1.54, 1.807) is 11.3 Å². The smallest absolute Gasteiger partial charge is 0.224 e. The van der Waals surface area contributed by atoms with Crippen molar-refractivity contribution in [2.24, 2.45) is 5.73 Å². The Kier molecular flexibility index (Phi) is 3.93. The number of rotatable bonds is 2. The maximum Gasteiger partial charge on any atom is 0.224 e. The zero-order valence-electron chi connectivity index (χ0n) is 12.6. The van der Waals surface area contributed by atoms with Crippen LogP contribution >= 0.6 is 22.9 Å². The van der Waals surface area contributed by atoms with Crippen molar-refractivity contribution in [3.8, 4) is 11.1 Å². The van der Waals surface area contributed by atoms with Gasteiger partial charge in [-0.25, -0.2) is 4.98 Å². The summed E-state index contributed by atoms with van der Waals surface area (Å²) < 4.78 is 1.10. The van der Waals surface area contributed by atoms with E-state index in [9.17, 15) is 0 Å². The van der Waals surface area contributed by atoms with Crippen molar-refractivity contribution in [2.45, 2.75) is 18.9 Å². The first-order valence-electron chi connectivity index (χ1n) is 7.73. The minimum absolute atomic E-state index is 0.294. The zero-order valence-corrected chi connectivity index (χ0v) is 14.1. The Hall–Kier alpha value is -1.69. The number of nitrogens with two attached hydrogens (primary N) is 1. The van der Waals surface area contributed by atoms with Gasteiger partial charge in [-0.05, 0) is 30.0 Å². The summed E-state index contributed by atoms with van der Waals surface area (Å²) in [7, 11) is 0. The summed E-state index contributed by atoms with van der Waals surface area (Å²) in [4.78, 5) is 11.3. The van der Waals surface area contributed by atoms with Gasteiger partial charge in [0, 0.05) is 30.1 Å². The SMILES string of the molecule is NC1CCN(c2nc(Cl)nc3c(-c4ccccc4)csc23)CC1. The molecule has 0 unspecified atom stereocenters. The molecule has 0 spiro atoms. The number of thiophene rings is 1. The highest BCUT2D eigenvalue weighted by molar-refractivity contribution is 7.18. The summed E-state index contributed by atoms with van der Waals surface area (Å²) in [6.07, 6.45) is 1.97. The lowest BCUT2D eigenvalue weighted by atomic mass is 10.1. The van der Waals surface area contributed by atoms with Gasteiger partial charge in [0.25, 0.3) is 0 Å². The molecule has 23 heavy (non-hydrogen) atoms. The van der Waals surface area contributed by atoms with Crippen LogP contribution in [0.1, 0.15) is 12.8 Å². The van der Waals surface area contributed by atoms with E-state index in [-0.39, 0.29) is 0 Å². The Bertz CT molecular complexity index is 825. The van der Waals surface area contributed by atoms with Crippen molar-refractivity contribution >= 4 is 39.0 Å². The number of halogens is 1. The second-order valence-corrected chi connectivity index (χ2v) is 7.05. The minimum atomic E-state index is 0.294. The lowest BCUT2D eigenvalue weighted by Crippen LogP contribution is -2.40. The van der Waals surface area contributed by atoms with Gasteiger partial charge in [-0.15, -0.1) is 11.3 Å². The summed E-state index contributed by atoms with van der Waals surface area (Å²) in [5, 5.41) is 2.45. The maximum atomic E-state index is 6.22. The molecule has 1 saturated heterocycles. The van der Waals surface area contributed by atoms with Gasteiger partial charge in [0.1, 0.15) is 0 Å². The van der Waals surface area contributed by atoms with Gasteiger partial charge in [-0.3, -0.25) is 0 Å². The molecule has 0 bridgehead atoms. The fraction of sp³-hybridized carbons (Fsp3) is 0.294. The number of fused-ring (bicyclic) bond motifs is 1. The van der Waals surface area contributed by atoms with Crippen molar-refractivity contribution in [1.82, 2.24) is 9.97 Å². The molecular formula is C17H17ClN4S. The predicted molar refractivity (Wildman–Crippen MR) is 97.3 cm³/mol. The van der Waals surface area contributed by atoms with E-state index in [1.165, 1.54) is 0 Å². The van der Waals surface area contributed by atoms with Gasteiger partial charge in [0.2, 0.25) is 5.28 Å². The third kappa shape index (κ3) is 2.80. The fourth-order valence-corrected chi connectivity index (χ4v) is 4.22. The monoisotopic (exact) mass is 344 g/mol. The molecule has 2 N–H and O–H groups in total. The van der Waals surface area contributed by atoms with E-state index >= 15 is 0 Å². The molecule has 118 valence electrons. The molecule has 0 amide bonds. The third-order valence-corrected chi connectivity index (χ3v) is 5.43. The van der Waals surface area contributed by atoms with Crippen molar-refractivity contribution < 1.29 is 0 Å². The van der Waals surface area contributed by atoms with E-state index < -0.39 is 0 Å². The quantitative estimate of drug-likeness (QED) is 0.715. The van der Waals surface area contributed by atoms with E-state index in [2.05, 4.69) is 32.4 Å². The lowest BCUT2D eigenvalue weighted by molar-refractivity contribution is 0.499. The van der Waals surface area contributed by atoms with Crippen molar-refractivity contribution in [3.05, 3.63) is 41.0 Å². The molecule has 0 aliphatic carbocycles. The summed E-state index contributed by atoms with van der Waals surface area (Å²) in [6.45, 7) is 1.84. The lowest BCUT2D eigenvalue weighted by Gasteiger charge is -2.31. The van der Waals surface area contributed by atoms with Gasteiger partial charge in [0.15, 0.2) is 5.82 Å². The van der Waals surface area contributed by atoms with E-state index in [4.69, 9.17) is 17.3 Å². The average Bonchev–Trinajstić information content (AvgIpc) is 2.99. The fourth-order valence-electron chi connectivity index (χ4n) is 3.02. The van der Waals surface area contributed by atoms with Gasteiger partial charge >= 0.3 is 0 Å². The number of aromatic nitrogens is 2. The molecule has 0 atom stereocenters. The van der Waals surface area contributed by atoms with Crippen LogP contribution < -0.4 is 10.6 Å². The molecule has 6 heteroatoms. The molecule has 0 radical (unpaired) electrons. The van der Waals surface area contributed by atoms with Crippen LogP contribution in [0.4, 0.5) is 5.82 Å². The van der Waals surface area contributed by atoms with Gasteiger partial charge in [-0.2, -0.15) is 4.98 Å². The first-order chi connectivity index (χ1) is 11.2. The molecule has 1 fully saturated rings. The van der Waals surface area contributed by atoms with E-state index in [0.717, 1.165) is 53.1 Å². The Morgan fingerprint density at radius 2 is 1.87 bits per heavy atom. The Morgan fingerprint density at radius 1 is 1.13 bits per heavy atom. The molecule has 0 saturated carbocycles. The Balaban J connectivity index is 1.82. The van der Waals surface area contributed by atoms with Gasteiger partial charge < -0.3 is 10.6 Å². The highest BCUT2D eigenvalue weighted by atomic mass is 35.5. The highest BCUT2D eigenvalue weighted by Crippen LogP contribution is 2.38. The second kappa shape index (κ2) is 6.07. The number of hydrogen-bond acceptors (Lipinski definition) is 5. The Labute approximate surface area is 143 Å². The van der Waals surface area contributed by atoms with Crippen molar-refractivity contribution in [1.29, 1.82) is 0 Å². The van der Waals surface area contributed by atoms with Gasteiger partial charge in [0.05, 0.1) is 10.2 Å². The van der Waals surface area contributed by atoms with Crippen LogP contribution in [0.3, 0.4) is 0 Å². The third-order valence-electron chi connectivity index (χ3n) is 4.29. The van der Waals surface area contributed by atoms with Crippen molar-refractivity contribution in [2.75, 3.05) is 18.0 Å². The molecule has 4 nitrogen and oxygen atoms in total. The molecule has 1 aromatic carbocycles. The molecule has 3 heterocycles. The predicted octanol–water partition coefficient (Wildman–Crippen LogP) is 3.94. The normalized spacial score (nSPS) is 16.2. The molecule has 1 aliphatic heterocycles. The second-order valence-electron chi connectivity index (χ2n) is 5.83. The number of hydrogen-bond donors (Lipinski definition) is 1. The molecule has 4 rings (SSSR count). The minimum Gasteiger partial charge on any atom is -0.355 e. The highest BCUT2D eigenvalue weighted by Gasteiger charge is 2.22. The van der Waals surface area contributed by atoms with Crippen LogP contribution in [-0.2, 0) is 0 Å². The zero-order chi connectivity index (χ0) is 15.8. The molecule has 2 aromatic heterocycles. The van der Waals surface area contributed by atoms with Crippen LogP contribution in [0.5, 0.6) is 0 Å². The number of benzene rings is 1.